The number of hydrazine groups is 3. The number of carbonyl (C=O) groups is 3. The van der Waals surface area contributed by atoms with E-state index >= 15 is 0 Å². The second-order valence-corrected chi connectivity index (χ2v) is 9.28. The molecule has 0 heterocycles. The van der Waals surface area contributed by atoms with Crippen LogP contribution in [0.1, 0.15) is 119 Å². The van der Waals surface area contributed by atoms with Gasteiger partial charge in [-0.15, -0.1) is 0 Å². The number of nitrogens with one attached hydrogen (secondary N) is 3. The normalized spacial score (nSPS) is 10.1. The van der Waals surface area contributed by atoms with Gasteiger partial charge in [0.05, 0.1) is 0 Å². The van der Waals surface area contributed by atoms with Gasteiger partial charge in [-0.2, -0.15) is 0 Å². The Morgan fingerprint density at radius 1 is 0.425 bits per heavy atom. The van der Waals surface area contributed by atoms with Crippen LogP contribution in [0.3, 0.4) is 0 Å². The minimum Gasteiger partial charge on any atom is -0.529 e. The van der Waals surface area contributed by atoms with E-state index in [1.54, 1.807) is 15.0 Å². The van der Waals surface area contributed by atoms with Gasteiger partial charge in [0.15, 0.2) is 0 Å². The van der Waals surface area contributed by atoms with Crippen LogP contribution in [-0.4, -0.2) is 72.6 Å². The summed E-state index contributed by atoms with van der Waals surface area (Å²) in [6.07, 6.45) is 8.78. The summed E-state index contributed by atoms with van der Waals surface area (Å²) in [6, 6.07) is 0. The van der Waals surface area contributed by atoms with Gasteiger partial charge in [-0.25, -0.2) is 15.0 Å². The zero-order valence-electron chi connectivity index (χ0n) is 26.0. The third-order valence-electron chi connectivity index (χ3n) is 5.44. The monoisotopic (exact) mass is 703 g/mol. The number of hydrogen-bond acceptors (Lipinski definition) is 9. The molecule has 0 aromatic rings. The average molecular weight is 706 g/mol. The standard InChI is InChI=1S/3C9H20N2O2.Nd/c3*1-3-5-7-11(8-6-4-2)10-9(12)13;/h3*10H,3-8H2,1-2H3,(H,12,13);/q;;;+3/p-3. The molecule has 3 N–H and O–H groups in total. The second kappa shape index (κ2) is 36.1. The van der Waals surface area contributed by atoms with Crippen LogP contribution in [0, 0.1) is 40.8 Å². The van der Waals surface area contributed by atoms with E-state index < -0.39 is 18.3 Å². The average Bonchev–Trinajstić information content (AvgIpc) is 2.88. The molecule has 0 atom stereocenters. The fourth-order valence-corrected chi connectivity index (χ4v) is 3.15. The van der Waals surface area contributed by atoms with Crippen LogP contribution in [0.25, 0.3) is 0 Å². The summed E-state index contributed by atoms with van der Waals surface area (Å²) in [4.78, 5) is 30.8. The molecule has 13 heteroatoms. The van der Waals surface area contributed by atoms with E-state index in [0.717, 1.165) is 116 Å². The topological polar surface area (TPSA) is 166 Å². The molecule has 0 aromatic heterocycles. The van der Waals surface area contributed by atoms with Crippen molar-refractivity contribution in [2.45, 2.75) is 119 Å². The fourth-order valence-electron chi connectivity index (χ4n) is 3.15. The van der Waals surface area contributed by atoms with Gasteiger partial charge in [0.1, 0.15) is 18.3 Å². The third kappa shape index (κ3) is 39.2. The van der Waals surface area contributed by atoms with Gasteiger partial charge in [0.2, 0.25) is 0 Å². The molecule has 0 aliphatic rings. The molecule has 0 aromatic carbocycles. The van der Waals surface area contributed by atoms with Crippen molar-refractivity contribution in [2.24, 2.45) is 0 Å². The zero-order valence-corrected chi connectivity index (χ0v) is 29.2. The molecule has 235 valence electrons. The number of carbonyl (C=O) groups excluding carboxylic acids is 3. The Labute approximate surface area is 276 Å². The largest absolute Gasteiger partial charge is 3.00 e. The van der Waals surface area contributed by atoms with Crippen LogP contribution in [0.5, 0.6) is 0 Å². The predicted octanol–water partition coefficient (Wildman–Crippen LogP) is 2.21. The first-order valence-corrected chi connectivity index (χ1v) is 14.8. The molecule has 0 rings (SSSR count). The molecule has 0 fully saturated rings. The smallest absolute Gasteiger partial charge is 0.529 e. The summed E-state index contributed by atoms with van der Waals surface area (Å²) < 4.78 is 0. The maximum Gasteiger partial charge on any atom is 3.00 e. The molecule has 3 amide bonds. The summed E-state index contributed by atoms with van der Waals surface area (Å²) in [5.74, 6) is 0. The van der Waals surface area contributed by atoms with E-state index in [9.17, 15) is 29.7 Å². The summed E-state index contributed by atoms with van der Waals surface area (Å²) in [7, 11) is 0. The Balaban J connectivity index is -0.000000240. The van der Waals surface area contributed by atoms with Crippen LogP contribution < -0.4 is 31.6 Å². The maximum absolute atomic E-state index is 10.3. The Hall–Kier alpha value is -0.959. The Bertz CT molecular complexity index is 478. The number of hydrogen-bond donors (Lipinski definition) is 3. The molecule has 40 heavy (non-hydrogen) atoms. The quantitative estimate of drug-likeness (QED) is 0.152. The molecule has 1 radical (unpaired) electrons. The minimum atomic E-state index is -1.22. The van der Waals surface area contributed by atoms with Crippen LogP contribution in [0.15, 0.2) is 0 Å². The Morgan fingerprint density at radius 3 is 0.675 bits per heavy atom. The molecular formula is C27H57N6NdO6. The van der Waals surface area contributed by atoms with Crippen molar-refractivity contribution in [3.63, 3.8) is 0 Å². The van der Waals surface area contributed by atoms with Crippen LogP contribution >= 0.6 is 0 Å². The Kier molecular flexibility index (Phi) is 41.5. The fraction of sp³-hybridized carbons (Fsp3) is 0.889. The van der Waals surface area contributed by atoms with Crippen molar-refractivity contribution >= 4 is 18.3 Å². The van der Waals surface area contributed by atoms with E-state index in [1.165, 1.54) is 0 Å². The second-order valence-electron chi connectivity index (χ2n) is 9.28. The molecule has 0 saturated carbocycles. The van der Waals surface area contributed by atoms with Crippen LogP contribution in [0.2, 0.25) is 0 Å². The van der Waals surface area contributed by atoms with Crippen LogP contribution in [-0.2, 0) is 0 Å². The van der Waals surface area contributed by atoms with Gasteiger partial charge in [-0.1, -0.05) is 80.1 Å². The first kappa shape index (κ1) is 46.0. The molecule has 12 nitrogen and oxygen atoms in total. The van der Waals surface area contributed by atoms with Crippen molar-refractivity contribution < 1.29 is 70.5 Å². The third-order valence-corrected chi connectivity index (χ3v) is 5.44. The summed E-state index contributed by atoms with van der Waals surface area (Å²) in [5.41, 5.74) is 6.86. The van der Waals surface area contributed by atoms with E-state index in [1.807, 2.05) is 0 Å². The van der Waals surface area contributed by atoms with E-state index in [2.05, 4.69) is 57.8 Å². The van der Waals surface area contributed by atoms with E-state index in [4.69, 9.17) is 0 Å². The number of rotatable bonds is 21. The van der Waals surface area contributed by atoms with Crippen molar-refractivity contribution in [1.29, 1.82) is 0 Å². The molecule has 0 aliphatic heterocycles. The number of nitrogens with zero attached hydrogens (tertiary/aromatic N) is 3. The summed E-state index contributed by atoms with van der Waals surface area (Å²) in [5, 5.41) is 35.9. The first-order chi connectivity index (χ1) is 18.6. The molecular weight excluding hydrogens is 649 g/mol. The molecule has 0 bridgehead atoms. The number of amides is 3. The van der Waals surface area contributed by atoms with Gasteiger partial charge in [-0.3, -0.25) is 0 Å². The van der Waals surface area contributed by atoms with Gasteiger partial charge in [0.25, 0.3) is 0 Å². The van der Waals surface area contributed by atoms with Gasteiger partial charge >= 0.3 is 40.8 Å². The molecule has 0 saturated heterocycles. The van der Waals surface area contributed by atoms with E-state index in [0.29, 0.717) is 0 Å². The minimum absolute atomic E-state index is 0. The maximum atomic E-state index is 10.3. The molecule has 0 spiro atoms. The molecule has 0 aliphatic carbocycles. The molecule has 0 unspecified atom stereocenters. The van der Waals surface area contributed by atoms with Gasteiger partial charge in [0, 0.05) is 39.3 Å². The zero-order chi connectivity index (χ0) is 30.3. The number of unbranched alkanes of at least 4 members (excludes halogenated alkanes) is 6. The van der Waals surface area contributed by atoms with Crippen molar-refractivity contribution in [1.82, 2.24) is 31.3 Å². The van der Waals surface area contributed by atoms with Crippen molar-refractivity contribution in [2.75, 3.05) is 39.3 Å². The van der Waals surface area contributed by atoms with Gasteiger partial charge < -0.3 is 46.0 Å². The van der Waals surface area contributed by atoms with Gasteiger partial charge in [-0.05, 0) is 38.5 Å². The summed E-state index contributed by atoms with van der Waals surface area (Å²) in [6.45, 7) is 17.1. The summed E-state index contributed by atoms with van der Waals surface area (Å²) >= 11 is 0. The Morgan fingerprint density at radius 2 is 0.575 bits per heavy atom. The van der Waals surface area contributed by atoms with E-state index in [-0.39, 0.29) is 40.8 Å². The number of carboxylic acid groups (broad SMARTS) is 3. The van der Waals surface area contributed by atoms with Crippen molar-refractivity contribution in [3.05, 3.63) is 0 Å². The van der Waals surface area contributed by atoms with Crippen molar-refractivity contribution in [3.8, 4) is 0 Å². The van der Waals surface area contributed by atoms with Crippen LogP contribution in [0.4, 0.5) is 14.4 Å². The SMILES string of the molecule is CCCCN(CCCC)NC(=O)[O-].CCCCN(CCCC)NC(=O)[O-].CCCCN(CCCC)NC(=O)[O-].[Nd+3]. The predicted molar refractivity (Wildman–Crippen MR) is 150 cm³/mol. The first-order valence-electron chi connectivity index (χ1n) is 14.8.